The van der Waals surface area contributed by atoms with E-state index in [-0.39, 0.29) is 18.9 Å². The van der Waals surface area contributed by atoms with Gasteiger partial charge in [-0.25, -0.2) is 9.59 Å². The van der Waals surface area contributed by atoms with Crippen molar-refractivity contribution in [2.75, 3.05) is 32.1 Å². The van der Waals surface area contributed by atoms with E-state index in [9.17, 15) is 18.8 Å². The second-order valence-corrected chi connectivity index (χ2v) is 4.50. The first-order valence-electron chi connectivity index (χ1n) is 6.22. The molecule has 3 N–H and O–H groups in total. The number of anilines is 1. The van der Waals surface area contributed by atoms with Gasteiger partial charge in [-0.2, -0.15) is 4.39 Å². The number of carbonyl (C=O) groups excluding carboxylic acids is 1. The first kappa shape index (κ1) is 17.5. The summed E-state index contributed by atoms with van der Waals surface area (Å²) in [5.74, 6) is -2.04. The molecule has 0 atom stereocenters. The van der Waals surface area contributed by atoms with Crippen LogP contribution in [0.1, 0.15) is 6.42 Å². The van der Waals surface area contributed by atoms with Crippen molar-refractivity contribution in [1.82, 2.24) is 14.9 Å². The van der Waals surface area contributed by atoms with E-state index in [4.69, 9.17) is 13.3 Å². The Bertz CT molecular complexity index is 673. The SMILES string of the molecule is [B]C(=N)OC(=O)N(C)CCCN(C)c1[nH]c(=O)[nH]c(=O)c1F. The van der Waals surface area contributed by atoms with Crippen molar-refractivity contribution in [2.45, 2.75) is 6.42 Å². The molecule has 0 aliphatic carbocycles. The number of nitrogens with zero attached hydrogens (tertiary/aromatic N) is 2. The quantitative estimate of drug-likeness (QED) is 0.373. The summed E-state index contributed by atoms with van der Waals surface area (Å²) in [5, 5.41) is 6.83. The molecule has 0 aromatic carbocycles. The summed E-state index contributed by atoms with van der Waals surface area (Å²) in [6.45, 7) is 0.500. The lowest BCUT2D eigenvalue weighted by Crippen LogP contribution is -2.34. The molecule has 9 nitrogen and oxygen atoms in total. The molecular formula is C11H15BFN5O4. The largest absolute Gasteiger partial charge is 0.415 e. The average molecular weight is 311 g/mol. The third kappa shape index (κ3) is 4.75. The molecule has 1 amide bonds. The summed E-state index contributed by atoms with van der Waals surface area (Å²) in [4.78, 5) is 40.2. The Morgan fingerprint density at radius 2 is 1.95 bits per heavy atom. The van der Waals surface area contributed by atoms with Gasteiger partial charge in [0.1, 0.15) is 5.80 Å². The summed E-state index contributed by atoms with van der Waals surface area (Å²) >= 11 is 0. The molecule has 1 aromatic heterocycles. The first-order chi connectivity index (χ1) is 10.2. The average Bonchev–Trinajstić information content (AvgIpc) is 2.41. The van der Waals surface area contributed by atoms with Crippen LogP contribution in [0, 0.1) is 11.2 Å². The molecule has 0 aliphatic heterocycles. The predicted molar refractivity (Wildman–Crippen MR) is 78.1 cm³/mol. The lowest BCUT2D eigenvalue weighted by molar-refractivity contribution is 0.160. The number of carbonyl (C=O) groups is 1. The number of rotatable bonds is 5. The minimum Gasteiger partial charge on any atom is -0.408 e. The summed E-state index contributed by atoms with van der Waals surface area (Å²) in [7, 11) is 7.86. The van der Waals surface area contributed by atoms with Crippen molar-refractivity contribution in [3.63, 3.8) is 0 Å². The van der Waals surface area contributed by atoms with Crippen molar-refractivity contribution in [3.05, 3.63) is 26.7 Å². The Balaban J connectivity index is 2.59. The van der Waals surface area contributed by atoms with E-state index < -0.39 is 29.0 Å². The molecular weight excluding hydrogens is 296 g/mol. The Morgan fingerprint density at radius 1 is 1.32 bits per heavy atom. The molecule has 118 valence electrons. The van der Waals surface area contributed by atoms with E-state index in [0.717, 1.165) is 0 Å². The predicted octanol–water partition coefficient (Wildman–Crippen LogP) is -0.800. The molecule has 0 aliphatic rings. The van der Waals surface area contributed by atoms with Crippen molar-refractivity contribution in [2.24, 2.45) is 0 Å². The van der Waals surface area contributed by atoms with Crippen LogP contribution in [0.25, 0.3) is 0 Å². The van der Waals surface area contributed by atoms with Gasteiger partial charge in [-0.05, 0) is 6.42 Å². The van der Waals surface area contributed by atoms with Crippen LogP contribution in [0.15, 0.2) is 9.59 Å². The molecule has 0 saturated heterocycles. The topological polar surface area (TPSA) is 122 Å². The fourth-order valence-electron chi connectivity index (χ4n) is 1.64. The van der Waals surface area contributed by atoms with Crippen LogP contribution >= 0.6 is 0 Å². The molecule has 1 aromatic rings. The van der Waals surface area contributed by atoms with Gasteiger partial charge in [0, 0.05) is 27.2 Å². The summed E-state index contributed by atoms with van der Waals surface area (Å²) < 4.78 is 18.0. The standard InChI is InChI=1S/C11H15BFN5O4/c1-17(7-6(13)8(19)16-10(20)15-7)4-3-5-18(2)11(21)22-9(12)14/h14H,3-5H2,1-2H3,(H2,15,16,19,20). The Labute approximate surface area is 126 Å². The van der Waals surface area contributed by atoms with Crippen LogP contribution in [-0.2, 0) is 4.74 Å². The maximum atomic E-state index is 13.6. The van der Waals surface area contributed by atoms with E-state index in [1.54, 1.807) is 4.98 Å². The van der Waals surface area contributed by atoms with Crippen molar-refractivity contribution in [3.8, 4) is 0 Å². The highest BCUT2D eigenvalue weighted by atomic mass is 19.1. The Kier molecular flexibility index (Phi) is 5.90. The molecule has 22 heavy (non-hydrogen) atoms. The normalized spacial score (nSPS) is 10.1. The molecule has 0 spiro atoms. The maximum absolute atomic E-state index is 13.6. The molecule has 0 fully saturated rings. The number of H-pyrrole nitrogens is 2. The third-order valence-electron chi connectivity index (χ3n) is 2.74. The lowest BCUT2D eigenvalue weighted by Gasteiger charge is -2.21. The van der Waals surface area contributed by atoms with Gasteiger partial charge in [0.25, 0.3) is 5.56 Å². The monoisotopic (exact) mass is 311 g/mol. The fraction of sp³-hybridized carbons (Fsp3) is 0.455. The summed E-state index contributed by atoms with van der Waals surface area (Å²) in [5.41, 5.74) is -1.91. The number of hydrogen-bond acceptors (Lipinski definition) is 6. The van der Waals surface area contributed by atoms with Crippen LogP contribution in [0.2, 0.25) is 0 Å². The Hall–Kier alpha value is -2.59. The van der Waals surface area contributed by atoms with E-state index in [1.165, 1.54) is 23.9 Å². The second-order valence-electron chi connectivity index (χ2n) is 4.50. The van der Waals surface area contributed by atoms with Crippen LogP contribution in [-0.4, -0.2) is 61.8 Å². The molecule has 2 radical (unpaired) electrons. The molecule has 1 heterocycles. The van der Waals surface area contributed by atoms with Crippen LogP contribution in [0.5, 0.6) is 0 Å². The van der Waals surface area contributed by atoms with Crippen LogP contribution in [0.3, 0.4) is 0 Å². The van der Waals surface area contributed by atoms with Gasteiger partial charge < -0.3 is 14.5 Å². The highest BCUT2D eigenvalue weighted by Crippen LogP contribution is 2.08. The number of aromatic amines is 2. The zero-order valence-corrected chi connectivity index (χ0v) is 12.1. The minimum absolute atomic E-state index is 0.234. The van der Waals surface area contributed by atoms with Gasteiger partial charge in [-0.1, -0.05) is 0 Å². The first-order valence-corrected chi connectivity index (χ1v) is 6.22. The third-order valence-corrected chi connectivity index (χ3v) is 2.74. The smallest absolute Gasteiger partial charge is 0.408 e. The Morgan fingerprint density at radius 3 is 2.55 bits per heavy atom. The highest BCUT2D eigenvalue weighted by molar-refractivity contribution is 6.56. The van der Waals surface area contributed by atoms with E-state index in [0.29, 0.717) is 6.42 Å². The van der Waals surface area contributed by atoms with Gasteiger partial charge in [0.2, 0.25) is 5.82 Å². The van der Waals surface area contributed by atoms with Gasteiger partial charge in [-0.3, -0.25) is 20.2 Å². The van der Waals surface area contributed by atoms with Crippen LogP contribution in [0.4, 0.5) is 15.0 Å². The van der Waals surface area contributed by atoms with Crippen molar-refractivity contribution in [1.29, 1.82) is 5.41 Å². The summed E-state index contributed by atoms with van der Waals surface area (Å²) in [6, 6.07) is 0. The van der Waals surface area contributed by atoms with Crippen molar-refractivity contribution < 1.29 is 13.9 Å². The minimum atomic E-state index is -1.10. The maximum Gasteiger partial charge on any atom is 0.415 e. The van der Waals surface area contributed by atoms with E-state index in [2.05, 4.69) is 9.72 Å². The molecule has 11 heteroatoms. The number of ether oxygens (including phenoxy) is 1. The van der Waals surface area contributed by atoms with Gasteiger partial charge in [-0.15, -0.1) is 0 Å². The van der Waals surface area contributed by atoms with Gasteiger partial charge >= 0.3 is 11.8 Å². The van der Waals surface area contributed by atoms with Crippen LogP contribution < -0.4 is 16.1 Å². The fourth-order valence-corrected chi connectivity index (χ4v) is 1.64. The number of aromatic nitrogens is 2. The second kappa shape index (κ2) is 7.43. The van der Waals surface area contributed by atoms with E-state index in [1.807, 2.05) is 0 Å². The lowest BCUT2D eigenvalue weighted by atomic mass is 10.2. The summed E-state index contributed by atoms with van der Waals surface area (Å²) in [6.07, 6.45) is -0.389. The zero-order valence-electron chi connectivity index (χ0n) is 12.1. The molecule has 0 saturated carbocycles. The molecule has 0 unspecified atom stereocenters. The van der Waals surface area contributed by atoms with Gasteiger partial charge in [0.05, 0.1) is 0 Å². The zero-order chi connectivity index (χ0) is 16.9. The van der Waals surface area contributed by atoms with Crippen molar-refractivity contribution >= 4 is 25.6 Å². The number of halogens is 1. The van der Waals surface area contributed by atoms with E-state index >= 15 is 0 Å². The van der Waals surface area contributed by atoms with Gasteiger partial charge in [0.15, 0.2) is 13.7 Å². The highest BCUT2D eigenvalue weighted by Gasteiger charge is 2.14. The number of hydrogen-bond donors (Lipinski definition) is 3. The number of nitrogens with one attached hydrogen (secondary N) is 3. The molecule has 0 bridgehead atoms. The molecule has 1 rings (SSSR count). The number of amides is 1.